The standard InChI is InChI=1S/C21H12FNO2/c22-14-5-7-16-12(10-14)9-13-11-15(6-8-17(13)16)23-20(24)18-3-1-2-4-19(18)21(23)25/h1-8,10-11H,9H2. The molecule has 0 N–H and O–H groups in total. The molecule has 0 aromatic heterocycles. The normalized spacial score (nSPS) is 14.5. The van der Waals surface area contributed by atoms with Crippen molar-refractivity contribution in [3.8, 4) is 11.1 Å². The molecule has 25 heavy (non-hydrogen) atoms. The summed E-state index contributed by atoms with van der Waals surface area (Å²) in [6, 6.07) is 17.1. The average molecular weight is 329 g/mol. The molecule has 0 saturated heterocycles. The Morgan fingerprint density at radius 2 is 1.32 bits per heavy atom. The van der Waals surface area contributed by atoms with E-state index >= 15 is 0 Å². The van der Waals surface area contributed by atoms with Crippen LogP contribution in [0, 0.1) is 5.82 Å². The molecule has 0 fully saturated rings. The Balaban J connectivity index is 1.58. The zero-order chi connectivity index (χ0) is 17.1. The van der Waals surface area contributed by atoms with Gasteiger partial charge in [-0.1, -0.05) is 24.3 Å². The van der Waals surface area contributed by atoms with Gasteiger partial charge in [-0.2, -0.15) is 0 Å². The molecule has 1 heterocycles. The summed E-state index contributed by atoms with van der Waals surface area (Å²) in [5, 5.41) is 0. The number of halogens is 1. The van der Waals surface area contributed by atoms with Crippen molar-refractivity contribution in [3.63, 3.8) is 0 Å². The average Bonchev–Trinajstić information content (AvgIpc) is 3.09. The van der Waals surface area contributed by atoms with Crippen LogP contribution in [0.1, 0.15) is 31.8 Å². The van der Waals surface area contributed by atoms with Crippen LogP contribution in [0.2, 0.25) is 0 Å². The molecule has 0 bridgehead atoms. The van der Waals surface area contributed by atoms with E-state index in [1.807, 2.05) is 12.1 Å². The van der Waals surface area contributed by atoms with Crippen LogP contribution in [0.4, 0.5) is 10.1 Å². The molecule has 0 spiro atoms. The van der Waals surface area contributed by atoms with Crippen LogP contribution in [0.15, 0.2) is 60.7 Å². The van der Waals surface area contributed by atoms with Crippen molar-refractivity contribution in [2.24, 2.45) is 0 Å². The van der Waals surface area contributed by atoms with Crippen molar-refractivity contribution in [3.05, 3.63) is 88.7 Å². The maximum atomic E-state index is 13.5. The maximum absolute atomic E-state index is 13.5. The van der Waals surface area contributed by atoms with E-state index < -0.39 is 0 Å². The first kappa shape index (κ1) is 14.1. The van der Waals surface area contributed by atoms with Crippen LogP contribution in [-0.2, 0) is 6.42 Å². The third kappa shape index (κ3) is 1.91. The number of fused-ring (bicyclic) bond motifs is 4. The van der Waals surface area contributed by atoms with Gasteiger partial charge in [0.2, 0.25) is 0 Å². The molecule has 1 aliphatic carbocycles. The van der Waals surface area contributed by atoms with E-state index in [1.54, 1.807) is 36.4 Å². The Labute approximate surface area is 143 Å². The van der Waals surface area contributed by atoms with E-state index in [4.69, 9.17) is 0 Å². The lowest BCUT2D eigenvalue weighted by Gasteiger charge is -2.15. The van der Waals surface area contributed by atoms with Crippen LogP contribution in [0.25, 0.3) is 11.1 Å². The molecule has 0 saturated carbocycles. The van der Waals surface area contributed by atoms with E-state index in [0.717, 1.165) is 22.3 Å². The van der Waals surface area contributed by atoms with Gasteiger partial charge in [-0.15, -0.1) is 0 Å². The second kappa shape index (κ2) is 4.86. The van der Waals surface area contributed by atoms with Crippen LogP contribution < -0.4 is 4.90 Å². The van der Waals surface area contributed by atoms with Gasteiger partial charge in [0.15, 0.2) is 0 Å². The zero-order valence-corrected chi connectivity index (χ0v) is 13.1. The van der Waals surface area contributed by atoms with Gasteiger partial charge in [-0.05, 0) is 65.1 Å². The quantitative estimate of drug-likeness (QED) is 0.491. The predicted octanol–water partition coefficient (Wildman–Crippen LogP) is 4.20. The number of anilines is 1. The molecule has 5 rings (SSSR count). The molecule has 0 radical (unpaired) electrons. The number of imide groups is 1. The lowest BCUT2D eigenvalue weighted by atomic mass is 10.1. The second-order valence-electron chi connectivity index (χ2n) is 6.31. The first-order valence-corrected chi connectivity index (χ1v) is 8.03. The van der Waals surface area contributed by atoms with E-state index in [0.29, 0.717) is 23.2 Å². The lowest BCUT2D eigenvalue weighted by molar-refractivity contribution is 0.0926. The van der Waals surface area contributed by atoms with Crippen LogP contribution in [0.3, 0.4) is 0 Å². The van der Waals surface area contributed by atoms with Crippen LogP contribution in [-0.4, -0.2) is 11.8 Å². The lowest BCUT2D eigenvalue weighted by Crippen LogP contribution is -2.29. The highest BCUT2D eigenvalue weighted by Gasteiger charge is 2.36. The minimum absolute atomic E-state index is 0.257. The molecular formula is C21H12FNO2. The number of rotatable bonds is 1. The molecule has 4 heteroatoms. The summed E-state index contributed by atoms with van der Waals surface area (Å²) in [6.45, 7) is 0. The van der Waals surface area contributed by atoms with E-state index in [1.165, 1.54) is 17.0 Å². The Kier molecular flexibility index (Phi) is 2.74. The zero-order valence-electron chi connectivity index (χ0n) is 13.1. The summed E-state index contributed by atoms with van der Waals surface area (Å²) in [5.74, 6) is -0.865. The minimum Gasteiger partial charge on any atom is -0.268 e. The molecule has 120 valence electrons. The number of amides is 2. The van der Waals surface area contributed by atoms with Crippen molar-refractivity contribution in [1.82, 2.24) is 0 Å². The number of hydrogen-bond acceptors (Lipinski definition) is 2. The van der Waals surface area contributed by atoms with Crippen LogP contribution >= 0.6 is 0 Å². The minimum atomic E-state index is -0.304. The van der Waals surface area contributed by atoms with Crippen molar-refractivity contribution < 1.29 is 14.0 Å². The van der Waals surface area contributed by atoms with Gasteiger partial charge in [0, 0.05) is 0 Å². The van der Waals surface area contributed by atoms with Gasteiger partial charge < -0.3 is 0 Å². The van der Waals surface area contributed by atoms with Gasteiger partial charge in [0.25, 0.3) is 11.8 Å². The third-order valence-corrected chi connectivity index (χ3v) is 4.88. The van der Waals surface area contributed by atoms with Gasteiger partial charge in [-0.25, -0.2) is 9.29 Å². The first-order valence-electron chi connectivity index (χ1n) is 8.03. The van der Waals surface area contributed by atoms with Gasteiger partial charge in [0.05, 0.1) is 16.8 Å². The highest BCUT2D eigenvalue weighted by Crippen LogP contribution is 2.39. The molecule has 2 aliphatic rings. The topological polar surface area (TPSA) is 37.4 Å². The monoisotopic (exact) mass is 329 g/mol. The molecular weight excluding hydrogens is 317 g/mol. The summed E-state index contributed by atoms with van der Waals surface area (Å²) in [4.78, 5) is 26.5. The fourth-order valence-corrected chi connectivity index (χ4v) is 3.73. The fourth-order valence-electron chi connectivity index (χ4n) is 3.73. The third-order valence-electron chi connectivity index (χ3n) is 4.88. The van der Waals surface area contributed by atoms with Gasteiger partial charge >= 0.3 is 0 Å². The molecule has 0 unspecified atom stereocenters. The highest BCUT2D eigenvalue weighted by atomic mass is 19.1. The fraction of sp³-hybridized carbons (Fsp3) is 0.0476. The largest absolute Gasteiger partial charge is 0.268 e. The number of carbonyl (C=O) groups is 2. The summed E-state index contributed by atoms with van der Waals surface area (Å²) >= 11 is 0. The van der Waals surface area contributed by atoms with Crippen molar-refractivity contribution in [1.29, 1.82) is 0 Å². The van der Waals surface area contributed by atoms with Gasteiger partial charge in [-0.3, -0.25) is 9.59 Å². The molecule has 0 atom stereocenters. The molecule has 1 aliphatic heterocycles. The smallest absolute Gasteiger partial charge is 0.266 e. The number of nitrogens with zero attached hydrogens (tertiary/aromatic N) is 1. The highest BCUT2D eigenvalue weighted by molar-refractivity contribution is 6.34. The molecule has 3 aromatic carbocycles. The predicted molar refractivity (Wildman–Crippen MR) is 92.2 cm³/mol. The van der Waals surface area contributed by atoms with E-state index in [2.05, 4.69) is 0 Å². The summed E-state index contributed by atoms with van der Waals surface area (Å²) < 4.78 is 13.5. The molecule has 3 nitrogen and oxygen atoms in total. The summed E-state index contributed by atoms with van der Waals surface area (Å²) in [7, 11) is 0. The SMILES string of the molecule is O=C1c2ccccc2C(=O)N1c1ccc2c(c1)Cc1cc(F)ccc1-2. The Hall–Kier alpha value is -3.27. The van der Waals surface area contributed by atoms with Crippen molar-refractivity contribution in [2.75, 3.05) is 4.90 Å². The number of carbonyl (C=O) groups excluding carboxylic acids is 2. The maximum Gasteiger partial charge on any atom is 0.266 e. The summed E-state index contributed by atoms with van der Waals surface area (Å²) in [6.07, 6.45) is 0.597. The molecule has 3 aromatic rings. The Morgan fingerprint density at radius 3 is 2.00 bits per heavy atom. The Bertz CT molecular complexity index is 1050. The first-order chi connectivity index (χ1) is 12.1. The summed E-state index contributed by atoms with van der Waals surface area (Å²) in [5.41, 5.74) is 5.36. The Morgan fingerprint density at radius 1 is 0.720 bits per heavy atom. The van der Waals surface area contributed by atoms with Crippen molar-refractivity contribution >= 4 is 17.5 Å². The van der Waals surface area contributed by atoms with Crippen molar-refractivity contribution in [2.45, 2.75) is 6.42 Å². The van der Waals surface area contributed by atoms with E-state index in [9.17, 15) is 14.0 Å². The molecule has 2 amide bonds. The van der Waals surface area contributed by atoms with Gasteiger partial charge in [0.1, 0.15) is 5.82 Å². The van der Waals surface area contributed by atoms with E-state index in [-0.39, 0.29) is 17.6 Å². The number of hydrogen-bond donors (Lipinski definition) is 0. The number of benzene rings is 3. The van der Waals surface area contributed by atoms with Crippen LogP contribution in [0.5, 0.6) is 0 Å². The second-order valence-corrected chi connectivity index (χ2v) is 6.31.